The van der Waals surface area contributed by atoms with Crippen molar-refractivity contribution in [2.45, 2.75) is 32.4 Å². The van der Waals surface area contributed by atoms with Crippen molar-refractivity contribution in [1.29, 1.82) is 0 Å². The normalized spacial score (nSPS) is 16.7. The number of nitrogens with zero attached hydrogens (tertiary/aromatic N) is 3. The lowest BCUT2D eigenvalue weighted by atomic mass is 9.96. The van der Waals surface area contributed by atoms with Gasteiger partial charge in [-0.15, -0.1) is 0 Å². The van der Waals surface area contributed by atoms with Gasteiger partial charge < -0.3 is 24.8 Å². The zero-order valence-corrected chi connectivity index (χ0v) is 22.8. The number of hydrogen-bond acceptors (Lipinski definition) is 4. The number of rotatable bonds is 8. The number of methoxy groups -OCH3 is 1. The molecule has 0 spiro atoms. The largest absolute Gasteiger partial charge is 0.497 e. The van der Waals surface area contributed by atoms with Crippen LogP contribution in [-0.2, 0) is 4.79 Å². The summed E-state index contributed by atoms with van der Waals surface area (Å²) in [6, 6.07) is 21.6. The summed E-state index contributed by atoms with van der Waals surface area (Å²) >= 11 is 5.78. The number of para-hydroxylation sites is 1. The van der Waals surface area contributed by atoms with E-state index in [1.165, 1.54) is 6.07 Å². The van der Waals surface area contributed by atoms with Gasteiger partial charge in [0.1, 0.15) is 11.6 Å². The molecule has 2 aromatic carbocycles. The van der Waals surface area contributed by atoms with Gasteiger partial charge in [-0.1, -0.05) is 18.2 Å². The molecule has 0 aliphatic carbocycles. The molecular weight excluding hydrogens is 513 g/mol. The molecular formula is C30H30FN5O2S. The SMILES string of the molecule is COc1ccc(-n2c(C)cc([C@@H]3[C@H](c4ccccn4)NC(=S)N3CCC(=O)Nc3ccccc3F)c2C)cc1. The Morgan fingerprint density at radius 3 is 2.54 bits per heavy atom. The number of nitrogens with one attached hydrogen (secondary N) is 2. The number of benzene rings is 2. The van der Waals surface area contributed by atoms with Gasteiger partial charge in [0, 0.05) is 36.2 Å². The van der Waals surface area contributed by atoms with Crippen molar-refractivity contribution >= 4 is 28.9 Å². The van der Waals surface area contributed by atoms with Crippen molar-refractivity contribution in [2.24, 2.45) is 0 Å². The zero-order chi connectivity index (χ0) is 27.5. The third kappa shape index (κ3) is 5.35. The molecule has 0 radical (unpaired) electrons. The number of halogens is 1. The highest BCUT2D eigenvalue weighted by atomic mass is 32.1. The first kappa shape index (κ1) is 26.4. The summed E-state index contributed by atoms with van der Waals surface area (Å²) in [5.41, 5.74) is 5.27. The predicted octanol–water partition coefficient (Wildman–Crippen LogP) is 5.64. The topological polar surface area (TPSA) is 71.4 Å². The van der Waals surface area contributed by atoms with Gasteiger partial charge in [0.2, 0.25) is 5.91 Å². The number of ether oxygens (including phenoxy) is 1. The average molecular weight is 544 g/mol. The maximum Gasteiger partial charge on any atom is 0.226 e. The molecule has 2 aromatic heterocycles. The first-order chi connectivity index (χ1) is 18.9. The van der Waals surface area contributed by atoms with Crippen LogP contribution in [0.1, 0.15) is 41.1 Å². The number of carbonyl (C=O) groups excluding carboxylic acids is 1. The Morgan fingerprint density at radius 1 is 1.10 bits per heavy atom. The van der Waals surface area contributed by atoms with Gasteiger partial charge >= 0.3 is 0 Å². The molecule has 39 heavy (non-hydrogen) atoms. The summed E-state index contributed by atoms with van der Waals surface area (Å²) in [6.45, 7) is 4.52. The van der Waals surface area contributed by atoms with E-state index in [-0.39, 0.29) is 30.1 Å². The summed E-state index contributed by atoms with van der Waals surface area (Å²) in [4.78, 5) is 19.4. The fraction of sp³-hybridized carbons (Fsp3) is 0.233. The Hall–Kier alpha value is -4.24. The Labute approximate surface area is 232 Å². The lowest BCUT2D eigenvalue weighted by Gasteiger charge is -2.28. The van der Waals surface area contributed by atoms with E-state index >= 15 is 0 Å². The van der Waals surface area contributed by atoms with E-state index < -0.39 is 5.82 Å². The van der Waals surface area contributed by atoms with E-state index in [9.17, 15) is 9.18 Å². The summed E-state index contributed by atoms with van der Waals surface area (Å²) in [6.07, 6.45) is 1.90. The van der Waals surface area contributed by atoms with E-state index in [0.717, 1.165) is 34.1 Å². The van der Waals surface area contributed by atoms with Gasteiger partial charge in [0.25, 0.3) is 0 Å². The van der Waals surface area contributed by atoms with Gasteiger partial charge in [-0.25, -0.2) is 4.39 Å². The highest BCUT2D eigenvalue weighted by molar-refractivity contribution is 7.80. The fourth-order valence-electron chi connectivity index (χ4n) is 5.20. The van der Waals surface area contributed by atoms with Gasteiger partial charge in [0.15, 0.2) is 5.11 Å². The third-order valence-corrected chi connectivity index (χ3v) is 7.40. The number of aryl methyl sites for hydroxylation is 1. The number of carbonyl (C=O) groups is 1. The van der Waals surface area contributed by atoms with E-state index in [2.05, 4.69) is 40.1 Å². The number of amides is 1. The standard InChI is InChI=1S/C30H30FN5O2S/c1-19-18-23(20(2)36(19)21-11-13-22(38-3)14-12-21)29-28(26-10-6-7-16-32-26)34-30(39)35(29)17-15-27(37)33-25-9-5-4-8-24(25)31/h4-14,16,18,28-29H,15,17H2,1-3H3,(H,33,37)(H,34,39)/t28-,29+/m0/s1. The van der Waals surface area contributed by atoms with Crippen LogP contribution >= 0.6 is 12.2 Å². The van der Waals surface area contributed by atoms with Crippen molar-refractivity contribution in [2.75, 3.05) is 19.0 Å². The minimum Gasteiger partial charge on any atom is -0.497 e. The summed E-state index contributed by atoms with van der Waals surface area (Å²) < 4.78 is 21.6. The maximum absolute atomic E-state index is 14.1. The van der Waals surface area contributed by atoms with E-state index in [1.807, 2.05) is 47.4 Å². The van der Waals surface area contributed by atoms with Crippen molar-refractivity contribution in [3.63, 3.8) is 0 Å². The smallest absolute Gasteiger partial charge is 0.226 e. The molecule has 0 unspecified atom stereocenters. The van der Waals surface area contributed by atoms with Gasteiger partial charge in [-0.3, -0.25) is 9.78 Å². The molecule has 2 atom stereocenters. The summed E-state index contributed by atoms with van der Waals surface area (Å²) in [7, 11) is 1.65. The molecule has 1 aliphatic rings. The van der Waals surface area contributed by atoms with Crippen LogP contribution in [0.4, 0.5) is 10.1 Å². The van der Waals surface area contributed by atoms with Crippen LogP contribution in [-0.4, -0.2) is 39.1 Å². The molecule has 1 amide bonds. The van der Waals surface area contributed by atoms with Crippen molar-refractivity contribution in [1.82, 2.24) is 19.8 Å². The molecule has 0 saturated carbocycles. The first-order valence-electron chi connectivity index (χ1n) is 12.7. The van der Waals surface area contributed by atoms with Crippen LogP contribution in [0.3, 0.4) is 0 Å². The van der Waals surface area contributed by atoms with E-state index in [1.54, 1.807) is 31.5 Å². The third-order valence-electron chi connectivity index (χ3n) is 7.05. The monoisotopic (exact) mass is 543 g/mol. The van der Waals surface area contributed by atoms with Crippen molar-refractivity contribution < 1.29 is 13.9 Å². The van der Waals surface area contributed by atoms with Crippen LogP contribution in [0.15, 0.2) is 79.0 Å². The lowest BCUT2D eigenvalue weighted by Crippen LogP contribution is -2.33. The van der Waals surface area contributed by atoms with Crippen LogP contribution < -0.4 is 15.4 Å². The number of thiocarbonyl (C=S) groups is 1. The van der Waals surface area contributed by atoms with E-state index in [4.69, 9.17) is 17.0 Å². The van der Waals surface area contributed by atoms with Crippen LogP contribution in [0, 0.1) is 19.7 Å². The molecule has 200 valence electrons. The van der Waals surface area contributed by atoms with Gasteiger partial charge in [-0.05, 0) is 86.2 Å². The summed E-state index contributed by atoms with van der Waals surface area (Å²) in [5, 5.41) is 6.66. The molecule has 7 nitrogen and oxygen atoms in total. The summed E-state index contributed by atoms with van der Waals surface area (Å²) in [5.74, 6) is 0.0387. The minimum atomic E-state index is -0.469. The molecule has 5 rings (SSSR count). The van der Waals surface area contributed by atoms with Crippen molar-refractivity contribution in [3.05, 3.63) is 107 Å². The molecule has 1 fully saturated rings. The Kier molecular flexibility index (Phi) is 7.60. The van der Waals surface area contributed by atoms with Crippen molar-refractivity contribution in [3.8, 4) is 11.4 Å². The number of aromatic nitrogens is 2. The van der Waals surface area contributed by atoms with Crippen LogP contribution in [0.2, 0.25) is 0 Å². The Bertz CT molecular complexity index is 1490. The lowest BCUT2D eigenvalue weighted by molar-refractivity contribution is -0.116. The molecule has 1 saturated heterocycles. The number of pyridine rings is 1. The second kappa shape index (κ2) is 11.2. The Morgan fingerprint density at radius 2 is 1.85 bits per heavy atom. The number of hydrogen-bond donors (Lipinski definition) is 2. The first-order valence-corrected chi connectivity index (χ1v) is 13.1. The second-order valence-electron chi connectivity index (χ2n) is 9.46. The molecule has 4 aromatic rings. The average Bonchev–Trinajstić information content (AvgIpc) is 3.43. The highest BCUT2D eigenvalue weighted by Gasteiger charge is 2.41. The molecule has 2 N–H and O–H groups in total. The van der Waals surface area contributed by atoms with Gasteiger partial charge in [0.05, 0.1) is 30.6 Å². The maximum atomic E-state index is 14.1. The van der Waals surface area contributed by atoms with E-state index in [0.29, 0.717) is 11.7 Å². The quantitative estimate of drug-likeness (QED) is 0.281. The second-order valence-corrected chi connectivity index (χ2v) is 9.84. The predicted molar refractivity (Wildman–Crippen MR) is 154 cm³/mol. The molecule has 1 aliphatic heterocycles. The van der Waals surface area contributed by atoms with Gasteiger partial charge in [-0.2, -0.15) is 0 Å². The molecule has 3 heterocycles. The fourth-order valence-corrected chi connectivity index (χ4v) is 5.53. The minimum absolute atomic E-state index is 0.138. The van der Waals surface area contributed by atoms with Crippen LogP contribution in [0.5, 0.6) is 5.75 Å². The highest BCUT2D eigenvalue weighted by Crippen LogP contribution is 2.41. The molecule has 9 heteroatoms. The Balaban J connectivity index is 1.47. The van der Waals surface area contributed by atoms with Crippen LogP contribution in [0.25, 0.3) is 5.69 Å². The zero-order valence-electron chi connectivity index (χ0n) is 22.0. The number of anilines is 1. The molecule has 0 bridgehead atoms.